The number of fused-ring (bicyclic) bond motifs is 2. The van der Waals surface area contributed by atoms with Gasteiger partial charge in [-0.3, -0.25) is 14.6 Å². The Labute approximate surface area is 164 Å². The van der Waals surface area contributed by atoms with Crippen LogP contribution < -0.4 is 10.1 Å². The second-order valence-corrected chi connectivity index (χ2v) is 7.67. The van der Waals surface area contributed by atoms with E-state index in [9.17, 15) is 9.59 Å². The maximum atomic E-state index is 12.8. The van der Waals surface area contributed by atoms with Crippen LogP contribution >= 0.6 is 0 Å². The molecule has 2 saturated heterocycles. The van der Waals surface area contributed by atoms with Crippen molar-refractivity contribution >= 4 is 11.8 Å². The minimum atomic E-state index is -0.0747. The Morgan fingerprint density at radius 3 is 2.36 bits per heavy atom. The molecule has 6 heteroatoms. The Morgan fingerprint density at radius 2 is 1.71 bits per heavy atom. The van der Waals surface area contributed by atoms with Crippen LogP contribution in [0.1, 0.15) is 41.6 Å². The molecule has 6 nitrogen and oxygen atoms in total. The van der Waals surface area contributed by atoms with Crippen molar-refractivity contribution in [3.63, 3.8) is 0 Å². The average Bonchev–Trinajstić information content (AvgIpc) is 2.98. The first kappa shape index (κ1) is 18.5. The molecule has 1 N–H and O–H groups in total. The summed E-state index contributed by atoms with van der Waals surface area (Å²) in [5.74, 6) is 0.673. The molecule has 4 rings (SSSR count). The van der Waals surface area contributed by atoms with Gasteiger partial charge in [-0.05, 0) is 56.9 Å². The van der Waals surface area contributed by atoms with E-state index in [1.807, 2.05) is 36.1 Å². The second kappa shape index (κ2) is 8.00. The third-order valence-electron chi connectivity index (χ3n) is 5.68. The van der Waals surface area contributed by atoms with Gasteiger partial charge in [0.25, 0.3) is 11.8 Å². The lowest BCUT2D eigenvalue weighted by Crippen LogP contribution is -2.53. The number of carbonyl (C=O) groups excluding carboxylic acids is 2. The van der Waals surface area contributed by atoms with Crippen molar-refractivity contribution in [2.24, 2.45) is 0 Å². The maximum Gasteiger partial charge on any atom is 0.261 e. The number of benzene rings is 1. The molecular formula is C22H25N3O3. The highest BCUT2D eigenvalue weighted by Gasteiger charge is 2.43. The number of aromatic nitrogens is 1. The molecule has 2 bridgehead atoms. The van der Waals surface area contributed by atoms with Crippen molar-refractivity contribution in [3.8, 4) is 5.75 Å². The Morgan fingerprint density at radius 1 is 1.07 bits per heavy atom. The summed E-state index contributed by atoms with van der Waals surface area (Å²) in [4.78, 5) is 31.1. The van der Waals surface area contributed by atoms with E-state index in [1.54, 1.807) is 24.5 Å². The molecule has 0 spiro atoms. The molecule has 146 valence electrons. The predicted molar refractivity (Wildman–Crippen MR) is 105 cm³/mol. The SMILES string of the molecule is Cc1ccc(OCC(=O)N2[C@@H]3CC[C@H]2CC(NC(=O)c2ccncc2)C3)cc1. The van der Waals surface area contributed by atoms with Gasteiger partial charge in [0.05, 0.1) is 0 Å². The van der Waals surface area contributed by atoms with Crippen LogP contribution in [0, 0.1) is 6.92 Å². The molecule has 2 aliphatic heterocycles. The quantitative estimate of drug-likeness (QED) is 0.867. The number of nitrogens with zero attached hydrogens (tertiary/aromatic N) is 2. The summed E-state index contributed by atoms with van der Waals surface area (Å²) in [6, 6.07) is 11.6. The number of pyridine rings is 1. The van der Waals surface area contributed by atoms with E-state index < -0.39 is 0 Å². The van der Waals surface area contributed by atoms with E-state index in [0.29, 0.717) is 11.3 Å². The van der Waals surface area contributed by atoms with Crippen LogP contribution in [0.5, 0.6) is 5.75 Å². The monoisotopic (exact) mass is 379 g/mol. The highest BCUT2D eigenvalue weighted by molar-refractivity contribution is 5.94. The Hall–Kier alpha value is -2.89. The van der Waals surface area contributed by atoms with Gasteiger partial charge in [0.2, 0.25) is 0 Å². The summed E-state index contributed by atoms with van der Waals surface area (Å²) >= 11 is 0. The van der Waals surface area contributed by atoms with Crippen LogP contribution in [-0.2, 0) is 4.79 Å². The highest BCUT2D eigenvalue weighted by Crippen LogP contribution is 2.36. The number of rotatable bonds is 5. The molecule has 1 aromatic carbocycles. The molecule has 3 atom stereocenters. The summed E-state index contributed by atoms with van der Waals surface area (Å²) in [5, 5.41) is 3.12. The van der Waals surface area contributed by atoms with Gasteiger partial charge in [-0.2, -0.15) is 0 Å². The average molecular weight is 379 g/mol. The number of piperidine rings is 1. The van der Waals surface area contributed by atoms with E-state index in [-0.39, 0.29) is 36.5 Å². The molecule has 28 heavy (non-hydrogen) atoms. The maximum absolute atomic E-state index is 12.8. The van der Waals surface area contributed by atoms with Crippen LogP contribution in [0.25, 0.3) is 0 Å². The summed E-state index contributed by atoms with van der Waals surface area (Å²) in [7, 11) is 0. The summed E-state index contributed by atoms with van der Waals surface area (Å²) in [6.07, 6.45) is 6.81. The van der Waals surface area contributed by atoms with E-state index >= 15 is 0 Å². The topological polar surface area (TPSA) is 71.5 Å². The largest absolute Gasteiger partial charge is 0.484 e. The standard InChI is InChI=1S/C22H25N3O3/c1-15-2-6-20(7-3-15)28-14-21(26)25-18-4-5-19(25)13-17(12-18)24-22(27)16-8-10-23-11-9-16/h2-3,6-11,17-19H,4-5,12-14H2,1H3,(H,24,27)/t17?,18-,19+. The molecule has 2 fully saturated rings. The van der Waals surface area contributed by atoms with Gasteiger partial charge in [0, 0.05) is 36.1 Å². The minimum absolute atomic E-state index is 0.0342. The molecular weight excluding hydrogens is 354 g/mol. The van der Waals surface area contributed by atoms with E-state index in [1.165, 1.54) is 0 Å². The molecule has 0 radical (unpaired) electrons. The van der Waals surface area contributed by atoms with Gasteiger partial charge in [0.15, 0.2) is 6.61 Å². The lowest BCUT2D eigenvalue weighted by molar-refractivity contribution is -0.138. The number of nitrogens with one attached hydrogen (secondary N) is 1. The molecule has 0 saturated carbocycles. The molecule has 2 amide bonds. The summed E-state index contributed by atoms with van der Waals surface area (Å²) in [6.45, 7) is 2.08. The minimum Gasteiger partial charge on any atom is -0.484 e. The lowest BCUT2D eigenvalue weighted by Gasteiger charge is -2.39. The van der Waals surface area contributed by atoms with Crippen molar-refractivity contribution in [2.75, 3.05) is 6.61 Å². The molecule has 2 aliphatic rings. The van der Waals surface area contributed by atoms with Gasteiger partial charge < -0.3 is 15.0 Å². The Bertz CT molecular complexity index is 824. The number of ether oxygens (including phenoxy) is 1. The van der Waals surface area contributed by atoms with Gasteiger partial charge in [-0.1, -0.05) is 17.7 Å². The first-order valence-corrected chi connectivity index (χ1v) is 9.81. The Balaban J connectivity index is 1.32. The number of aryl methyl sites for hydroxylation is 1. The number of hydrogen-bond acceptors (Lipinski definition) is 4. The van der Waals surface area contributed by atoms with Crippen molar-refractivity contribution in [1.82, 2.24) is 15.2 Å². The molecule has 2 aromatic rings. The van der Waals surface area contributed by atoms with Crippen molar-refractivity contribution < 1.29 is 14.3 Å². The molecule has 1 aromatic heterocycles. The normalized spacial score (nSPS) is 23.3. The van der Waals surface area contributed by atoms with Gasteiger partial charge in [-0.25, -0.2) is 0 Å². The zero-order valence-corrected chi connectivity index (χ0v) is 16.0. The lowest BCUT2D eigenvalue weighted by atomic mass is 9.97. The van der Waals surface area contributed by atoms with Crippen molar-refractivity contribution in [3.05, 3.63) is 59.9 Å². The number of amides is 2. The zero-order chi connectivity index (χ0) is 19.5. The highest BCUT2D eigenvalue weighted by atomic mass is 16.5. The predicted octanol–water partition coefficient (Wildman–Crippen LogP) is 2.72. The van der Waals surface area contributed by atoms with Crippen LogP contribution in [0.15, 0.2) is 48.8 Å². The fourth-order valence-electron chi connectivity index (χ4n) is 4.33. The van der Waals surface area contributed by atoms with Crippen LogP contribution in [0.3, 0.4) is 0 Å². The third-order valence-corrected chi connectivity index (χ3v) is 5.68. The van der Waals surface area contributed by atoms with Gasteiger partial charge in [-0.15, -0.1) is 0 Å². The first-order chi connectivity index (χ1) is 13.6. The van der Waals surface area contributed by atoms with Crippen molar-refractivity contribution in [2.45, 2.75) is 50.7 Å². The fourth-order valence-corrected chi connectivity index (χ4v) is 4.33. The van der Waals surface area contributed by atoms with Crippen LogP contribution in [0.2, 0.25) is 0 Å². The summed E-state index contributed by atoms with van der Waals surface area (Å²) in [5.41, 5.74) is 1.78. The van der Waals surface area contributed by atoms with E-state index in [2.05, 4.69) is 10.3 Å². The molecule has 0 aliphatic carbocycles. The zero-order valence-electron chi connectivity index (χ0n) is 16.0. The van der Waals surface area contributed by atoms with E-state index in [4.69, 9.17) is 4.74 Å². The second-order valence-electron chi connectivity index (χ2n) is 7.67. The smallest absolute Gasteiger partial charge is 0.261 e. The van der Waals surface area contributed by atoms with Crippen molar-refractivity contribution in [1.29, 1.82) is 0 Å². The van der Waals surface area contributed by atoms with Gasteiger partial charge in [0.1, 0.15) is 5.75 Å². The summed E-state index contributed by atoms with van der Waals surface area (Å²) < 4.78 is 5.68. The number of carbonyl (C=O) groups is 2. The van der Waals surface area contributed by atoms with E-state index in [0.717, 1.165) is 31.2 Å². The molecule has 1 unspecified atom stereocenters. The first-order valence-electron chi connectivity index (χ1n) is 9.81. The number of hydrogen-bond donors (Lipinski definition) is 1. The van der Waals surface area contributed by atoms with Crippen LogP contribution in [-0.4, -0.2) is 46.4 Å². The third kappa shape index (κ3) is 4.01. The Kier molecular flexibility index (Phi) is 5.28. The molecule has 3 heterocycles. The fraction of sp³-hybridized carbons (Fsp3) is 0.409. The van der Waals surface area contributed by atoms with Gasteiger partial charge >= 0.3 is 0 Å². The van der Waals surface area contributed by atoms with Crippen LogP contribution in [0.4, 0.5) is 0 Å².